The predicted molar refractivity (Wildman–Crippen MR) is 70.5 cm³/mol. The summed E-state index contributed by atoms with van der Waals surface area (Å²) in [5.74, 6) is 0.113. The Kier molecular flexibility index (Phi) is 11.9. The van der Waals surface area contributed by atoms with E-state index in [-0.39, 0.29) is 11.8 Å². The van der Waals surface area contributed by atoms with Gasteiger partial charge in [-0.05, 0) is 39.0 Å². The predicted octanol–water partition coefficient (Wildman–Crippen LogP) is 2.89. The van der Waals surface area contributed by atoms with E-state index < -0.39 is 0 Å². The third-order valence-electron chi connectivity index (χ3n) is 2.67. The smallest absolute Gasteiger partial charge is 0.305 e. The summed E-state index contributed by atoms with van der Waals surface area (Å²) in [5.41, 5.74) is 0. The summed E-state index contributed by atoms with van der Waals surface area (Å²) in [7, 11) is 1.68. The molecule has 4 heteroatoms. The van der Waals surface area contributed by atoms with Crippen molar-refractivity contribution in [3.63, 3.8) is 0 Å². The fraction of sp³-hybridized carbons (Fsp3) is 0.857. The van der Waals surface area contributed by atoms with E-state index in [2.05, 4.69) is 0 Å². The van der Waals surface area contributed by atoms with Crippen LogP contribution in [0.15, 0.2) is 0 Å². The van der Waals surface area contributed by atoms with Crippen LogP contribution in [0.2, 0.25) is 0 Å². The number of Topliss-reactive ketones (excluding diaryl/α,β-unsaturated/α-hetero) is 1. The Hall–Kier alpha value is -0.900. The van der Waals surface area contributed by atoms with Gasteiger partial charge in [0, 0.05) is 26.6 Å². The minimum atomic E-state index is -0.112. The highest BCUT2D eigenvalue weighted by molar-refractivity contribution is 5.75. The first-order chi connectivity index (χ1) is 8.66. The summed E-state index contributed by atoms with van der Waals surface area (Å²) < 4.78 is 10.0. The highest BCUT2D eigenvalue weighted by Gasteiger charge is 2.02. The molecule has 0 atom stereocenters. The number of hydrogen-bond donors (Lipinski definition) is 0. The maximum Gasteiger partial charge on any atom is 0.305 e. The van der Waals surface area contributed by atoms with Crippen molar-refractivity contribution in [3.8, 4) is 0 Å². The Labute approximate surface area is 110 Å². The molecule has 0 amide bonds. The van der Waals surface area contributed by atoms with E-state index in [1.807, 2.05) is 0 Å². The second-order valence-corrected chi connectivity index (χ2v) is 4.54. The van der Waals surface area contributed by atoms with Crippen molar-refractivity contribution in [2.75, 3.05) is 20.3 Å². The number of esters is 1. The van der Waals surface area contributed by atoms with E-state index in [1.54, 1.807) is 14.0 Å². The van der Waals surface area contributed by atoms with E-state index in [9.17, 15) is 9.59 Å². The summed E-state index contributed by atoms with van der Waals surface area (Å²) in [6.45, 7) is 2.84. The van der Waals surface area contributed by atoms with Gasteiger partial charge in [-0.15, -0.1) is 0 Å². The van der Waals surface area contributed by atoms with Crippen molar-refractivity contribution in [3.05, 3.63) is 0 Å². The zero-order chi connectivity index (χ0) is 13.6. The van der Waals surface area contributed by atoms with Crippen LogP contribution in [0, 0.1) is 0 Å². The Morgan fingerprint density at radius 2 is 1.44 bits per heavy atom. The molecule has 106 valence electrons. The second-order valence-electron chi connectivity index (χ2n) is 4.54. The lowest BCUT2D eigenvalue weighted by atomic mass is 10.1. The van der Waals surface area contributed by atoms with Crippen LogP contribution in [0.1, 0.15) is 58.3 Å². The monoisotopic (exact) mass is 258 g/mol. The van der Waals surface area contributed by atoms with Crippen molar-refractivity contribution in [1.29, 1.82) is 0 Å². The van der Waals surface area contributed by atoms with E-state index in [0.29, 0.717) is 19.4 Å². The first-order valence-electron chi connectivity index (χ1n) is 6.81. The molecule has 0 aliphatic heterocycles. The molecule has 4 nitrogen and oxygen atoms in total. The second kappa shape index (κ2) is 12.6. The topological polar surface area (TPSA) is 52.6 Å². The minimum absolute atomic E-state index is 0.112. The van der Waals surface area contributed by atoms with Crippen LogP contribution < -0.4 is 0 Å². The molecular formula is C14H26O4. The standard InChI is InChI=1S/C14H26O4/c1-13(15)9-5-3-8-12-18-14(16)10-6-4-7-11-17-2/h3-12H2,1-2H3. The number of methoxy groups -OCH3 is 1. The van der Waals surface area contributed by atoms with Crippen LogP contribution in [-0.4, -0.2) is 32.1 Å². The summed E-state index contributed by atoms with van der Waals surface area (Å²) >= 11 is 0. The molecule has 0 fully saturated rings. The van der Waals surface area contributed by atoms with Gasteiger partial charge in [-0.3, -0.25) is 4.79 Å². The molecule has 0 N–H and O–H groups in total. The van der Waals surface area contributed by atoms with Crippen LogP contribution in [0.5, 0.6) is 0 Å². The molecule has 0 radical (unpaired) electrons. The quantitative estimate of drug-likeness (QED) is 0.399. The Balaban J connectivity index is 3.19. The molecule has 0 aromatic rings. The van der Waals surface area contributed by atoms with Crippen molar-refractivity contribution in [2.45, 2.75) is 58.3 Å². The molecule has 0 saturated heterocycles. The molecule has 0 aliphatic rings. The third kappa shape index (κ3) is 13.2. The van der Waals surface area contributed by atoms with Crippen LogP contribution in [0.25, 0.3) is 0 Å². The number of carbonyl (C=O) groups excluding carboxylic acids is 2. The average molecular weight is 258 g/mol. The van der Waals surface area contributed by atoms with Gasteiger partial charge >= 0.3 is 5.97 Å². The van der Waals surface area contributed by atoms with Gasteiger partial charge in [0.2, 0.25) is 0 Å². The lowest BCUT2D eigenvalue weighted by Crippen LogP contribution is -2.06. The van der Waals surface area contributed by atoms with Crippen LogP contribution in [0.4, 0.5) is 0 Å². The van der Waals surface area contributed by atoms with Gasteiger partial charge < -0.3 is 14.3 Å². The van der Waals surface area contributed by atoms with Crippen LogP contribution in [0.3, 0.4) is 0 Å². The maximum atomic E-state index is 11.3. The summed E-state index contributed by atoms with van der Waals surface area (Å²) in [4.78, 5) is 22.0. The summed E-state index contributed by atoms with van der Waals surface area (Å²) in [6.07, 6.45) is 6.68. The molecule has 0 saturated carbocycles. The van der Waals surface area contributed by atoms with Gasteiger partial charge in [0.05, 0.1) is 6.61 Å². The van der Waals surface area contributed by atoms with Gasteiger partial charge in [-0.2, -0.15) is 0 Å². The largest absolute Gasteiger partial charge is 0.466 e. The molecule has 0 heterocycles. The van der Waals surface area contributed by atoms with Crippen molar-refractivity contribution in [1.82, 2.24) is 0 Å². The van der Waals surface area contributed by atoms with E-state index in [4.69, 9.17) is 9.47 Å². The summed E-state index contributed by atoms with van der Waals surface area (Å²) in [5, 5.41) is 0. The fourth-order valence-corrected chi connectivity index (χ4v) is 1.60. The highest BCUT2D eigenvalue weighted by Crippen LogP contribution is 2.04. The van der Waals surface area contributed by atoms with E-state index in [1.165, 1.54) is 0 Å². The lowest BCUT2D eigenvalue weighted by molar-refractivity contribution is -0.144. The Morgan fingerprint density at radius 1 is 0.833 bits per heavy atom. The van der Waals surface area contributed by atoms with E-state index >= 15 is 0 Å². The molecule has 18 heavy (non-hydrogen) atoms. The summed E-state index contributed by atoms with van der Waals surface area (Å²) in [6, 6.07) is 0. The first-order valence-corrected chi connectivity index (χ1v) is 6.81. The minimum Gasteiger partial charge on any atom is -0.466 e. The van der Waals surface area contributed by atoms with E-state index in [0.717, 1.165) is 45.1 Å². The van der Waals surface area contributed by atoms with Gasteiger partial charge in [0.1, 0.15) is 5.78 Å². The molecule has 0 aliphatic carbocycles. The Morgan fingerprint density at radius 3 is 2.06 bits per heavy atom. The third-order valence-corrected chi connectivity index (χ3v) is 2.67. The Bertz CT molecular complexity index is 226. The molecule has 0 bridgehead atoms. The molecular weight excluding hydrogens is 232 g/mol. The van der Waals surface area contributed by atoms with Crippen LogP contribution >= 0.6 is 0 Å². The number of ether oxygens (including phenoxy) is 2. The SMILES string of the molecule is COCCCCCC(=O)OCCCCCC(C)=O. The van der Waals surface area contributed by atoms with Gasteiger partial charge in [-0.1, -0.05) is 6.42 Å². The number of unbranched alkanes of at least 4 members (excludes halogenated alkanes) is 4. The van der Waals surface area contributed by atoms with Crippen molar-refractivity contribution >= 4 is 11.8 Å². The number of carbonyl (C=O) groups is 2. The van der Waals surface area contributed by atoms with Crippen molar-refractivity contribution in [2.24, 2.45) is 0 Å². The number of hydrogen-bond acceptors (Lipinski definition) is 4. The average Bonchev–Trinajstić information content (AvgIpc) is 2.33. The maximum absolute atomic E-state index is 11.3. The van der Waals surface area contributed by atoms with Gasteiger partial charge in [0.25, 0.3) is 0 Å². The lowest BCUT2D eigenvalue weighted by Gasteiger charge is -2.04. The highest BCUT2D eigenvalue weighted by atomic mass is 16.5. The molecule has 0 spiro atoms. The normalized spacial score (nSPS) is 10.3. The number of rotatable bonds is 12. The fourth-order valence-electron chi connectivity index (χ4n) is 1.60. The van der Waals surface area contributed by atoms with Gasteiger partial charge in [0.15, 0.2) is 0 Å². The zero-order valence-electron chi connectivity index (χ0n) is 11.7. The van der Waals surface area contributed by atoms with Crippen molar-refractivity contribution < 1.29 is 19.1 Å². The molecule has 0 unspecified atom stereocenters. The van der Waals surface area contributed by atoms with Gasteiger partial charge in [-0.25, -0.2) is 0 Å². The number of ketones is 1. The first kappa shape index (κ1) is 17.1. The van der Waals surface area contributed by atoms with Crippen LogP contribution in [-0.2, 0) is 19.1 Å². The zero-order valence-corrected chi connectivity index (χ0v) is 11.7. The molecule has 0 aromatic heterocycles. The molecule has 0 aromatic carbocycles. The molecule has 0 rings (SSSR count).